The minimum Gasteiger partial charge on any atom is -0.302 e. The average Bonchev–Trinajstić information content (AvgIpc) is 2.96. The van der Waals surface area contributed by atoms with E-state index in [1.54, 1.807) is 11.3 Å². The summed E-state index contributed by atoms with van der Waals surface area (Å²) in [5, 5.41) is 12.4. The fourth-order valence-corrected chi connectivity index (χ4v) is 3.30. The third-order valence-corrected chi connectivity index (χ3v) is 5.30. The molecule has 5 heteroatoms. The van der Waals surface area contributed by atoms with E-state index in [1.165, 1.54) is 4.88 Å². The number of aromatic nitrogens is 3. The second-order valence-corrected chi connectivity index (χ2v) is 6.89. The van der Waals surface area contributed by atoms with Crippen LogP contribution in [-0.4, -0.2) is 20.0 Å². The second-order valence-electron chi connectivity index (χ2n) is 4.59. The third kappa shape index (κ3) is 2.78. The van der Waals surface area contributed by atoms with Crippen LogP contribution >= 0.6 is 23.1 Å². The molecule has 98 valence electrons. The molecule has 0 radical (unpaired) electrons. The Morgan fingerprint density at radius 1 is 1.33 bits per heavy atom. The van der Waals surface area contributed by atoms with Crippen LogP contribution in [0.2, 0.25) is 0 Å². The number of hydrogen-bond donors (Lipinski definition) is 0. The van der Waals surface area contributed by atoms with Crippen molar-refractivity contribution in [1.82, 2.24) is 14.8 Å². The molecule has 0 fully saturated rings. The quantitative estimate of drug-likeness (QED) is 0.771. The number of thioether (sulfide) groups is 1. The molecule has 0 bridgehead atoms. The van der Waals surface area contributed by atoms with E-state index in [9.17, 15) is 0 Å². The lowest BCUT2D eigenvalue weighted by Gasteiger charge is -2.14. The Hall–Kier alpha value is -0.810. The van der Waals surface area contributed by atoms with Gasteiger partial charge in [0.15, 0.2) is 11.0 Å². The van der Waals surface area contributed by atoms with Crippen molar-refractivity contribution in [2.45, 2.75) is 44.6 Å². The first-order valence-corrected chi connectivity index (χ1v) is 8.03. The van der Waals surface area contributed by atoms with Gasteiger partial charge in [-0.2, -0.15) is 0 Å². The van der Waals surface area contributed by atoms with Gasteiger partial charge in [0.05, 0.1) is 4.88 Å². The highest BCUT2D eigenvalue weighted by Gasteiger charge is 2.17. The standard InChI is InChI=1S/C13H19N3S2/c1-5-16-12(11-7-6-8-17-11)14-15-13(16)18-10(4)9(2)3/h6-10H,5H2,1-4H3/t10-/m0/s1. The van der Waals surface area contributed by atoms with E-state index in [1.807, 2.05) is 11.8 Å². The van der Waals surface area contributed by atoms with Crippen molar-refractivity contribution in [3.63, 3.8) is 0 Å². The van der Waals surface area contributed by atoms with Gasteiger partial charge in [0.1, 0.15) is 0 Å². The summed E-state index contributed by atoms with van der Waals surface area (Å²) in [6.45, 7) is 9.78. The highest BCUT2D eigenvalue weighted by Crippen LogP contribution is 2.30. The van der Waals surface area contributed by atoms with Crippen LogP contribution in [0, 0.1) is 5.92 Å². The van der Waals surface area contributed by atoms with Gasteiger partial charge in [-0.15, -0.1) is 21.5 Å². The molecule has 1 atom stereocenters. The monoisotopic (exact) mass is 281 g/mol. The predicted octanol–water partition coefficient (Wildman–Crippen LogP) is 4.16. The molecule has 0 aliphatic rings. The maximum Gasteiger partial charge on any atom is 0.191 e. The molecular formula is C13H19N3S2. The molecule has 0 unspecified atom stereocenters. The number of nitrogens with zero attached hydrogens (tertiary/aromatic N) is 3. The van der Waals surface area contributed by atoms with Crippen LogP contribution in [0.15, 0.2) is 22.7 Å². The fraction of sp³-hybridized carbons (Fsp3) is 0.538. The van der Waals surface area contributed by atoms with E-state index >= 15 is 0 Å². The van der Waals surface area contributed by atoms with Crippen molar-refractivity contribution in [3.05, 3.63) is 17.5 Å². The van der Waals surface area contributed by atoms with E-state index in [4.69, 9.17) is 0 Å². The Labute approximate surface area is 117 Å². The zero-order valence-electron chi connectivity index (χ0n) is 11.3. The van der Waals surface area contributed by atoms with Crippen LogP contribution < -0.4 is 0 Å². The predicted molar refractivity (Wildman–Crippen MR) is 79.2 cm³/mol. The lowest BCUT2D eigenvalue weighted by atomic mass is 10.2. The van der Waals surface area contributed by atoms with Crippen LogP contribution in [0.1, 0.15) is 27.7 Å². The zero-order chi connectivity index (χ0) is 13.1. The lowest BCUT2D eigenvalue weighted by molar-refractivity contribution is 0.631. The van der Waals surface area contributed by atoms with Gasteiger partial charge in [-0.25, -0.2) is 0 Å². The largest absolute Gasteiger partial charge is 0.302 e. The molecule has 0 saturated heterocycles. The summed E-state index contributed by atoms with van der Waals surface area (Å²) in [7, 11) is 0. The first kappa shape index (κ1) is 13.6. The SMILES string of the molecule is CCn1c(S[C@@H](C)C(C)C)nnc1-c1cccs1. The average molecular weight is 281 g/mol. The van der Waals surface area contributed by atoms with E-state index in [-0.39, 0.29) is 0 Å². The van der Waals surface area contributed by atoms with Crippen molar-refractivity contribution < 1.29 is 0 Å². The summed E-state index contributed by atoms with van der Waals surface area (Å²) in [6.07, 6.45) is 0. The zero-order valence-corrected chi connectivity index (χ0v) is 12.9. The molecule has 2 aromatic heterocycles. The Balaban J connectivity index is 2.28. The van der Waals surface area contributed by atoms with Crippen molar-refractivity contribution in [3.8, 4) is 10.7 Å². The molecule has 2 heterocycles. The summed E-state index contributed by atoms with van der Waals surface area (Å²) in [5.41, 5.74) is 0. The maximum atomic E-state index is 4.35. The van der Waals surface area contributed by atoms with Crippen LogP contribution in [0.5, 0.6) is 0 Å². The normalized spacial score (nSPS) is 13.2. The second kappa shape index (κ2) is 5.89. The first-order chi connectivity index (χ1) is 8.63. The Kier molecular flexibility index (Phi) is 4.45. The molecule has 2 aromatic rings. The Morgan fingerprint density at radius 2 is 2.11 bits per heavy atom. The summed E-state index contributed by atoms with van der Waals surface area (Å²) >= 11 is 3.53. The molecule has 0 N–H and O–H groups in total. The van der Waals surface area contributed by atoms with Crippen LogP contribution in [0.3, 0.4) is 0 Å². The Bertz CT molecular complexity index is 488. The van der Waals surface area contributed by atoms with Gasteiger partial charge in [-0.1, -0.05) is 38.6 Å². The van der Waals surface area contributed by atoms with Gasteiger partial charge in [-0.05, 0) is 24.3 Å². The molecule has 0 spiro atoms. The fourth-order valence-electron chi connectivity index (χ4n) is 1.55. The molecule has 3 nitrogen and oxygen atoms in total. The highest BCUT2D eigenvalue weighted by atomic mass is 32.2. The van der Waals surface area contributed by atoms with Gasteiger partial charge >= 0.3 is 0 Å². The maximum absolute atomic E-state index is 4.35. The van der Waals surface area contributed by atoms with E-state index in [0.717, 1.165) is 17.5 Å². The van der Waals surface area contributed by atoms with Gasteiger partial charge in [0.25, 0.3) is 0 Å². The van der Waals surface area contributed by atoms with Crippen molar-refractivity contribution in [2.75, 3.05) is 0 Å². The first-order valence-electron chi connectivity index (χ1n) is 6.27. The van der Waals surface area contributed by atoms with Crippen molar-refractivity contribution in [1.29, 1.82) is 0 Å². The summed E-state index contributed by atoms with van der Waals surface area (Å²) in [5.74, 6) is 1.63. The van der Waals surface area contributed by atoms with Crippen LogP contribution in [0.4, 0.5) is 0 Å². The molecular weight excluding hydrogens is 262 g/mol. The molecule has 0 amide bonds. The molecule has 0 saturated carbocycles. The van der Waals surface area contributed by atoms with Crippen LogP contribution in [-0.2, 0) is 6.54 Å². The van der Waals surface area contributed by atoms with E-state index < -0.39 is 0 Å². The summed E-state index contributed by atoms with van der Waals surface area (Å²) < 4.78 is 2.20. The topological polar surface area (TPSA) is 30.7 Å². The molecule has 18 heavy (non-hydrogen) atoms. The van der Waals surface area contributed by atoms with E-state index in [0.29, 0.717) is 11.2 Å². The lowest BCUT2D eigenvalue weighted by Crippen LogP contribution is -2.08. The minimum absolute atomic E-state index is 0.552. The molecule has 0 aromatic carbocycles. The smallest absolute Gasteiger partial charge is 0.191 e. The minimum atomic E-state index is 0.552. The summed E-state index contributed by atoms with van der Waals surface area (Å²) in [6, 6.07) is 4.15. The van der Waals surface area contributed by atoms with Gasteiger partial charge < -0.3 is 4.57 Å². The molecule has 2 rings (SSSR count). The summed E-state index contributed by atoms with van der Waals surface area (Å²) in [4.78, 5) is 1.19. The number of thiophene rings is 1. The van der Waals surface area contributed by atoms with Gasteiger partial charge in [0, 0.05) is 11.8 Å². The van der Waals surface area contributed by atoms with Crippen molar-refractivity contribution in [2.24, 2.45) is 5.92 Å². The molecule has 0 aliphatic heterocycles. The van der Waals surface area contributed by atoms with Gasteiger partial charge in [0.2, 0.25) is 0 Å². The highest BCUT2D eigenvalue weighted by molar-refractivity contribution is 7.99. The number of rotatable bonds is 5. The van der Waals surface area contributed by atoms with Gasteiger partial charge in [-0.3, -0.25) is 0 Å². The van der Waals surface area contributed by atoms with E-state index in [2.05, 4.69) is 60.0 Å². The number of hydrogen-bond acceptors (Lipinski definition) is 4. The molecule has 0 aliphatic carbocycles. The Morgan fingerprint density at radius 3 is 2.67 bits per heavy atom. The van der Waals surface area contributed by atoms with Crippen molar-refractivity contribution >= 4 is 23.1 Å². The van der Waals surface area contributed by atoms with Crippen LogP contribution in [0.25, 0.3) is 10.7 Å². The third-order valence-electron chi connectivity index (χ3n) is 3.00.